The quantitative estimate of drug-likeness (QED) is 0.0956. The number of phenols is 2. The number of aromatic hydroxyl groups is 2. The first-order chi connectivity index (χ1) is 33.8. The van der Waals surface area contributed by atoms with E-state index in [1.165, 1.54) is 23.8 Å². The first-order valence-corrected chi connectivity index (χ1v) is 23.9. The summed E-state index contributed by atoms with van der Waals surface area (Å²) in [6.07, 6.45) is 3.03. The van der Waals surface area contributed by atoms with Crippen LogP contribution in [0, 0.1) is 19.7 Å². The number of benzene rings is 3. The number of fused-ring (bicyclic) bond motifs is 6. The number of carbonyl (C=O) groups excluding carboxylic acids is 3. The van der Waals surface area contributed by atoms with E-state index < -0.39 is 36.2 Å². The Morgan fingerprint density at radius 1 is 1.00 bits per heavy atom. The molecule has 10 rings (SSSR count). The molecule has 6 aromatic rings. The number of hydrogen-bond donors (Lipinski definition) is 4. The zero-order valence-corrected chi connectivity index (χ0v) is 40.1. The average molecular weight is 957 g/mol. The van der Waals surface area contributed by atoms with Gasteiger partial charge in [0.15, 0.2) is 12.4 Å². The molecule has 0 saturated carbocycles. The van der Waals surface area contributed by atoms with Crippen LogP contribution in [0.1, 0.15) is 103 Å². The number of aryl methyl sites for hydroxylation is 2. The lowest BCUT2D eigenvalue weighted by Crippen LogP contribution is -2.56. The summed E-state index contributed by atoms with van der Waals surface area (Å²) in [6, 6.07) is 12.7. The predicted octanol–water partition coefficient (Wildman–Crippen LogP) is 6.59. The summed E-state index contributed by atoms with van der Waals surface area (Å²) in [5.74, 6) is -1.30. The number of methoxy groups -OCH3 is 1. The van der Waals surface area contributed by atoms with E-state index in [9.17, 15) is 34.2 Å². The van der Waals surface area contributed by atoms with E-state index in [1.54, 1.807) is 36.6 Å². The van der Waals surface area contributed by atoms with Crippen molar-refractivity contribution >= 4 is 29.2 Å². The molecule has 17 nitrogen and oxygen atoms in total. The third-order valence-electron chi connectivity index (χ3n) is 14.4. The summed E-state index contributed by atoms with van der Waals surface area (Å²) < 4.78 is 29.5. The van der Waals surface area contributed by atoms with Crippen molar-refractivity contribution < 1.29 is 38.5 Å². The molecule has 1 aliphatic carbocycles. The van der Waals surface area contributed by atoms with Gasteiger partial charge in [-0.3, -0.25) is 14.5 Å². The van der Waals surface area contributed by atoms with Crippen LogP contribution in [0.2, 0.25) is 0 Å². The SMILES string of the molecule is CC.CCC(C=O)c1cc2n(c(=O)c1COC)Cc1c-2nc2cc(F)c(C)c3c2c1C(NC(=O)OCC(=O)N1C2CCC1CN(Cc1ccc(-n4c(-c5cc(C)c(O)cc5O)n[nH]c4=O)cc1)C2)CC3. The fourth-order valence-corrected chi connectivity index (χ4v) is 11.0. The number of amides is 2. The number of phenolic OH excluding ortho intramolecular Hbond substituents is 2. The Morgan fingerprint density at radius 2 is 1.73 bits per heavy atom. The van der Waals surface area contributed by atoms with Crippen LogP contribution in [0.4, 0.5) is 9.18 Å². The van der Waals surface area contributed by atoms with Gasteiger partial charge in [-0.15, -0.1) is 0 Å². The monoisotopic (exact) mass is 956 g/mol. The van der Waals surface area contributed by atoms with Gasteiger partial charge in [-0.2, -0.15) is 5.10 Å². The van der Waals surface area contributed by atoms with Gasteiger partial charge in [-0.25, -0.2) is 28.6 Å². The van der Waals surface area contributed by atoms with Crippen molar-refractivity contribution in [3.8, 4) is 40.0 Å². The van der Waals surface area contributed by atoms with E-state index in [-0.39, 0.29) is 54.0 Å². The van der Waals surface area contributed by atoms with E-state index in [0.29, 0.717) is 89.3 Å². The van der Waals surface area contributed by atoms with Crippen molar-refractivity contribution in [1.82, 2.24) is 39.4 Å². The van der Waals surface area contributed by atoms with Gasteiger partial charge >= 0.3 is 11.8 Å². The molecule has 70 heavy (non-hydrogen) atoms. The number of ether oxygens (including phenoxy) is 2. The molecule has 2 saturated heterocycles. The van der Waals surface area contributed by atoms with Crippen LogP contribution in [0.5, 0.6) is 11.5 Å². The van der Waals surface area contributed by atoms with Crippen LogP contribution in [-0.2, 0) is 45.2 Å². The number of aldehydes is 1. The Hall–Kier alpha value is -7.18. The number of aromatic nitrogens is 5. The summed E-state index contributed by atoms with van der Waals surface area (Å²) in [4.78, 5) is 75.7. The lowest BCUT2D eigenvalue weighted by Gasteiger charge is -2.41. The van der Waals surface area contributed by atoms with Crippen LogP contribution in [0.3, 0.4) is 0 Å². The second kappa shape index (κ2) is 19.3. The Bertz CT molecular complexity index is 3170. The summed E-state index contributed by atoms with van der Waals surface area (Å²) in [5.41, 5.74) is 6.64. The third-order valence-corrected chi connectivity index (χ3v) is 14.4. The molecule has 2 fully saturated rings. The van der Waals surface area contributed by atoms with Crippen molar-refractivity contribution in [2.45, 2.75) is 110 Å². The molecule has 2 amide bonds. The minimum atomic E-state index is -0.771. The molecule has 3 aromatic carbocycles. The van der Waals surface area contributed by atoms with E-state index in [4.69, 9.17) is 14.5 Å². The maximum atomic E-state index is 15.4. The van der Waals surface area contributed by atoms with Crippen molar-refractivity contribution in [2.24, 2.45) is 0 Å². The molecule has 3 aromatic heterocycles. The Labute approximate surface area is 402 Å². The summed E-state index contributed by atoms with van der Waals surface area (Å²) in [7, 11) is 1.49. The van der Waals surface area contributed by atoms with E-state index >= 15 is 4.39 Å². The molecule has 18 heteroatoms. The van der Waals surface area contributed by atoms with Crippen molar-refractivity contribution in [3.63, 3.8) is 0 Å². The zero-order chi connectivity index (χ0) is 49.7. The minimum Gasteiger partial charge on any atom is -0.508 e. The van der Waals surface area contributed by atoms with Crippen molar-refractivity contribution in [3.05, 3.63) is 120 Å². The van der Waals surface area contributed by atoms with Crippen LogP contribution in [-0.4, -0.2) is 102 Å². The number of hydrogen-bond acceptors (Lipinski definition) is 12. The normalized spacial score (nSPS) is 18.2. The number of H-pyrrole nitrogens is 1. The Morgan fingerprint density at radius 3 is 2.41 bits per heavy atom. The fraction of sp³-hybridized carbons (Fsp3) is 0.404. The Balaban J connectivity index is 0.00000300. The molecule has 4 N–H and O–H groups in total. The van der Waals surface area contributed by atoms with Crippen LogP contribution in [0.15, 0.2) is 58.1 Å². The van der Waals surface area contributed by atoms with E-state index in [0.717, 1.165) is 46.8 Å². The van der Waals surface area contributed by atoms with Crippen LogP contribution >= 0.6 is 0 Å². The lowest BCUT2D eigenvalue weighted by molar-refractivity contribution is -0.140. The summed E-state index contributed by atoms with van der Waals surface area (Å²) in [5, 5.41) is 30.9. The highest BCUT2D eigenvalue weighted by molar-refractivity contribution is 5.93. The second-order valence-corrected chi connectivity index (χ2v) is 18.3. The standard InChI is InChI=1S/C50H51FN8O9.C2H6/c1-5-28(22-60)33-15-40-46-35(21-57(40)48(64)36(33)23-67-4)45-38(13-12-32-26(3)37(51)16-39(52-46)44(32)45)53-50(66)68-24-43(63)58-30-10-11-31(58)20-56(19-30)18-27-6-8-29(9-7-27)59-47(54-55-49(59)65)34-14-25(2)41(61)17-42(34)62;1-2/h6-9,14-17,22,28,30-31,38,61-62H,5,10-13,18-21,23-24H2,1-4H3,(H,53,66)(H,55,65);1-2H3. The van der Waals surface area contributed by atoms with E-state index in [2.05, 4.69) is 20.4 Å². The number of aromatic amines is 1. The molecule has 0 spiro atoms. The largest absolute Gasteiger partial charge is 0.508 e. The number of piperazine rings is 1. The first-order valence-electron chi connectivity index (χ1n) is 23.9. The second-order valence-electron chi connectivity index (χ2n) is 18.3. The number of pyridine rings is 2. The van der Waals surface area contributed by atoms with Crippen LogP contribution < -0.4 is 16.6 Å². The van der Waals surface area contributed by atoms with Gasteiger partial charge in [0.2, 0.25) is 0 Å². The molecule has 0 radical (unpaired) electrons. The molecule has 366 valence electrons. The number of likely N-dealkylation sites (tertiary alicyclic amines) is 1. The topological polar surface area (TPSA) is 214 Å². The maximum Gasteiger partial charge on any atom is 0.408 e. The number of halogens is 1. The Kier molecular flexibility index (Phi) is 13.2. The van der Waals surface area contributed by atoms with Crippen molar-refractivity contribution in [1.29, 1.82) is 0 Å². The van der Waals surface area contributed by atoms with Crippen molar-refractivity contribution in [2.75, 3.05) is 26.8 Å². The number of nitrogens with one attached hydrogen (secondary N) is 2. The maximum absolute atomic E-state index is 15.4. The van der Waals surface area contributed by atoms with Gasteiger partial charge in [0.05, 0.1) is 47.3 Å². The smallest absolute Gasteiger partial charge is 0.408 e. The molecule has 4 aliphatic rings. The molecular weight excluding hydrogens is 900 g/mol. The first kappa shape index (κ1) is 47.9. The molecule has 3 aliphatic heterocycles. The van der Waals surface area contributed by atoms with Crippen LogP contribution in [0.25, 0.3) is 39.4 Å². The molecule has 4 atom stereocenters. The number of nitrogens with zero attached hydrogens (tertiary/aromatic N) is 6. The molecular formula is C52H57FN8O9. The van der Waals surface area contributed by atoms with Gasteiger partial charge < -0.3 is 39.3 Å². The molecule has 6 heterocycles. The average Bonchev–Trinajstić information content (AvgIpc) is 4.01. The summed E-state index contributed by atoms with van der Waals surface area (Å²) >= 11 is 0. The highest BCUT2D eigenvalue weighted by atomic mass is 19.1. The number of alkyl carbamates (subject to hydrolysis) is 1. The number of rotatable bonds is 12. The fourth-order valence-electron chi connectivity index (χ4n) is 11.0. The van der Waals surface area contributed by atoms with E-state index in [1.807, 2.05) is 43.9 Å². The molecule has 2 bridgehead atoms. The zero-order valence-electron chi connectivity index (χ0n) is 40.1. The summed E-state index contributed by atoms with van der Waals surface area (Å²) in [6.45, 7) is 10.9. The lowest BCUT2D eigenvalue weighted by atomic mass is 9.82. The van der Waals surface area contributed by atoms with Gasteiger partial charge in [0.25, 0.3) is 11.5 Å². The number of carbonyl (C=O) groups is 3. The van der Waals surface area contributed by atoms with Gasteiger partial charge in [0, 0.05) is 73.4 Å². The van der Waals surface area contributed by atoms with Gasteiger partial charge in [0.1, 0.15) is 23.6 Å². The highest BCUT2D eigenvalue weighted by Crippen LogP contribution is 2.45. The van der Waals surface area contributed by atoms with Gasteiger partial charge in [-0.1, -0.05) is 32.9 Å². The molecule has 4 unspecified atom stereocenters. The highest BCUT2D eigenvalue weighted by Gasteiger charge is 2.43. The third kappa shape index (κ3) is 8.31. The predicted molar refractivity (Wildman–Crippen MR) is 259 cm³/mol. The van der Waals surface area contributed by atoms with Gasteiger partial charge in [-0.05, 0) is 104 Å². The minimum absolute atomic E-state index is 0.0190.